The van der Waals surface area contributed by atoms with Crippen LogP contribution in [-0.4, -0.2) is 102 Å². The number of piperidine rings is 1. The molecule has 0 bridgehead atoms. The van der Waals surface area contributed by atoms with Gasteiger partial charge in [-0.2, -0.15) is 31.4 Å². The number of fused-ring (bicyclic) bond motifs is 1. The van der Waals surface area contributed by atoms with E-state index in [4.69, 9.17) is 19.8 Å². The van der Waals surface area contributed by atoms with Gasteiger partial charge in [-0.15, -0.1) is 0 Å². The van der Waals surface area contributed by atoms with Crippen molar-refractivity contribution in [2.75, 3.05) is 20.1 Å². The molecule has 4 heterocycles. The quantitative estimate of drug-likeness (QED) is 0.546. The van der Waals surface area contributed by atoms with Gasteiger partial charge in [0.15, 0.2) is 0 Å². The highest BCUT2D eigenvalue weighted by Gasteiger charge is 2.43. The van der Waals surface area contributed by atoms with Crippen molar-refractivity contribution >= 4 is 17.8 Å². The third-order valence-corrected chi connectivity index (χ3v) is 5.88. The molecule has 0 unspecified atom stereocenters. The molecule has 3 atom stereocenters. The molecular formula is C21H24F6N6O5. The van der Waals surface area contributed by atoms with Gasteiger partial charge in [-0.05, 0) is 31.9 Å². The van der Waals surface area contributed by atoms with Crippen molar-refractivity contribution in [1.29, 1.82) is 0 Å². The average molecular weight is 554 g/mol. The molecule has 0 aromatic carbocycles. The first-order chi connectivity index (χ1) is 17.6. The minimum Gasteiger partial charge on any atom is -0.475 e. The Hall–Kier alpha value is -3.76. The van der Waals surface area contributed by atoms with Gasteiger partial charge in [0.2, 0.25) is 0 Å². The van der Waals surface area contributed by atoms with E-state index < -0.39 is 24.3 Å². The number of amides is 1. The number of aliphatic carboxylic acids is 2. The summed E-state index contributed by atoms with van der Waals surface area (Å²) in [7, 11) is 2.21. The summed E-state index contributed by atoms with van der Waals surface area (Å²) in [5.41, 5.74) is 0.440. The number of carbonyl (C=O) groups is 3. The Bertz CT molecular complexity index is 1040. The van der Waals surface area contributed by atoms with E-state index >= 15 is 0 Å². The molecule has 0 radical (unpaired) electrons. The number of nitrogens with zero attached hydrogens (tertiary/aromatic N) is 6. The van der Waals surface area contributed by atoms with Crippen molar-refractivity contribution in [2.45, 2.75) is 43.8 Å². The fourth-order valence-corrected chi connectivity index (χ4v) is 4.16. The predicted octanol–water partition coefficient (Wildman–Crippen LogP) is 2.17. The fraction of sp³-hybridized carbons (Fsp3) is 0.524. The Morgan fingerprint density at radius 1 is 1.03 bits per heavy atom. The molecule has 0 aliphatic carbocycles. The van der Waals surface area contributed by atoms with Gasteiger partial charge in [0.05, 0.1) is 12.7 Å². The van der Waals surface area contributed by atoms with E-state index in [0.717, 1.165) is 32.5 Å². The van der Waals surface area contributed by atoms with Crippen LogP contribution in [0.2, 0.25) is 0 Å². The molecule has 210 valence electrons. The van der Waals surface area contributed by atoms with E-state index in [1.807, 2.05) is 28.0 Å². The Morgan fingerprint density at radius 3 is 2.11 bits per heavy atom. The van der Waals surface area contributed by atoms with Crippen molar-refractivity contribution in [2.24, 2.45) is 5.92 Å². The number of alkyl halides is 6. The Balaban J connectivity index is 0.000000301. The largest absolute Gasteiger partial charge is 0.490 e. The number of likely N-dealkylation sites (tertiary alicyclic amines) is 2. The highest BCUT2D eigenvalue weighted by atomic mass is 19.4. The van der Waals surface area contributed by atoms with Crippen molar-refractivity contribution in [3.05, 3.63) is 42.7 Å². The minimum atomic E-state index is -5.08. The molecule has 1 amide bonds. The van der Waals surface area contributed by atoms with Gasteiger partial charge in [0, 0.05) is 50.0 Å². The maximum absolute atomic E-state index is 12.6. The van der Waals surface area contributed by atoms with E-state index in [0.29, 0.717) is 23.7 Å². The summed E-state index contributed by atoms with van der Waals surface area (Å²) >= 11 is 0. The van der Waals surface area contributed by atoms with Crippen LogP contribution in [0.15, 0.2) is 37.1 Å². The summed E-state index contributed by atoms with van der Waals surface area (Å²) in [5.74, 6) is -5.00. The summed E-state index contributed by atoms with van der Waals surface area (Å²) < 4.78 is 65.5. The number of rotatable bonds is 3. The van der Waals surface area contributed by atoms with Crippen LogP contribution < -0.4 is 0 Å². The lowest BCUT2D eigenvalue weighted by molar-refractivity contribution is -0.193. The second kappa shape index (κ2) is 12.7. The number of halogens is 6. The van der Waals surface area contributed by atoms with Crippen LogP contribution in [0, 0.1) is 5.92 Å². The minimum absolute atomic E-state index is 0.000251. The van der Waals surface area contributed by atoms with Crippen LogP contribution in [-0.2, 0) is 16.1 Å². The molecule has 4 rings (SSSR count). The highest BCUT2D eigenvalue weighted by molar-refractivity contribution is 5.92. The molecule has 38 heavy (non-hydrogen) atoms. The Kier molecular flexibility index (Phi) is 10.1. The number of likely N-dealkylation sites (N-methyl/N-ethyl adjacent to an activating group) is 1. The van der Waals surface area contributed by atoms with Gasteiger partial charge in [-0.1, -0.05) is 0 Å². The fourth-order valence-electron chi connectivity index (χ4n) is 4.16. The molecule has 2 fully saturated rings. The van der Waals surface area contributed by atoms with Crippen LogP contribution in [0.3, 0.4) is 0 Å². The van der Waals surface area contributed by atoms with Gasteiger partial charge in [-0.25, -0.2) is 14.6 Å². The second-order valence-corrected chi connectivity index (χ2v) is 8.35. The zero-order chi connectivity index (χ0) is 28.7. The van der Waals surface area contributed by atoms with Crippen molar-refractivity contribution < 1.29 is 50.9 Å². The molecule has 2 aromatic heterocycles. The summed E-state index contributed by atoms with van der Waals surface area (Å²) in [6.07, 6.45) is 0.505. The van der Waals surface area contributed by atoms with E-state index in [1.165, 1.54) is 0 Å². The van der Waals surface area contributed by atoms with E-state index in [9.17, 15) is 31.1 Å². The first kappa shape index (κ1) is 30.5. The smallest absolute Gasteiger partial charge is 0.475 e. The van der Waals surface area contributed by atoms with Crippen molar-refractivity contribution in [1.82, 2.24) is 29.5 Å². The standard InChI is InChI=1S/C17H22N6O.2C2HF3O2/c1-21-14(12-23-7-2-4-20-23)9-13-11-22(8-3-16(13)21)17(24)15-10-18-5-6-19-15;2*3-2(4,5)1(6)7/h2,4-7,10,13-14,16H,3,8-9,11-12H2,1H3;2*(H,6,7)/t13-,14+,16+;;/m1../s1. The summed E-state index contributed by atoms with van der Waals surface area (Å²) in [6.45, 7) is 2.50. The maximum atomic E-state index is 12.6. The maximum Gasteiger partial charge on any atom is 0.490 e. The Labute approximate surface area is 211 Å². The van der Waals surface area contributed by atoms with E-state index in [-0.39, 0.29) is 5.91 Å². The zero-order valence-electron chi connectivity index (χ0n) is 19.8. The van der Waals surface area contributed by atoms with Gasteiger partial charge < -0.3 is 15.1 Å². The van der Waals surface area contributed by atoms with E-state index in [1.54, 1.807) is 18.6 Å². The molecule has 2 aromatic rings. The van der Waals surface area contributed by atoms with Crippen LogP contribution >= 0.6 is 0 Å². The molecule has 0 saturated carbocycles. The first-order valence-corrected chi connectivity index (χ1v) is 11.0. The predicted molar refractivity (Wildman–Crippen MR) is 116 cm³/mol. The molecule has 2 N–H and O–H groups in total. The lowest BCUT2D eigenvalue weighted by Gasteiger charge is -2.37. The average Bonchev–Trinajstić information content (AvgIpc) is 3.46. The van der Waals surface area contributed by atoms with Crippen LogP contribution in [0.25, 0.3) is 0 Å². The number of carboxylic acid groups (broad SMARTS) is 2. The van der Waals surface area contributed by atoms with Gasteiger partial charge in [0.25, 0.3) is 5.91 Å². The lowest BCUT2D eigenvalue weighted by atomic mass is 9.92. The van der Waals surface area contributed by atoms with Crippen LogP contribution in [0.4, 0.5) is 26.3 Å². The second-order valence-electron chi connectivity index (χ2n) is 8.35. The number of carbonyl (C=O) groups excluding carboxylic acids is 1. The number of carboxylic acids is 2. The third-order valence-electron chi connectivity index (χ3n) is 5.88. The SMILES string of the molecule is CN1[C@H](Cn2cccn2)C[C@@H]2CN(C(=O)c3cnccn3)CC[C@@H]21.O=C(O)C(F)(F)F.O=C(O)C(F)(F)F. The molecule has 2 aliphatic rings. The van der Waals surface area contributed by atoms with Crippen LogP contribution in [0.5, 0.6) is 0 Å². The lowest BCUT2D eigenvalue weighted by Crippen LogP contribution is -2.48. The molecule has 0 spiro atoms. The van der Waals surface area contributed by atoms with Gasteiger partial charge in [-0.3, -0.25) is 19.4 Å². The van der Waals surface area contributed by atoms with Crippen LogP contribution in [0.1, 0.15) is 23.3 Å². The van der Waals surface area contributed by atoms with Crippen molar-refractivity contribution in [3.8, 4) is 0 Å². The molecule has 2 aliphatic heterocycles. The van der Waals surface area contributed by atoms with Crippen molar-refractivity contribution in [3.63, 3.8) is 0 Å². The topological polar surface area (TPSA) is 142 Å². The molecule has 17 heteroatoms. The molecular weight excluding hydrogens is 530 g/mol. The number of hydrogen-bond donors (Lipinski definition) is 2. The normalized spacial score (nSPS) is 21.3. The Morgan fingerprint density at radius 2 is 1.63 bits per heavy atom. The highest BCUT2D eigenvalue weighted by Crippen LogP contribution is 2.35. The van der Waals surface area contributed by atoms with E-state index in [2.05, 4.69) is 27.0 Å². The van der Waals surface area contributed by atoms with Gasteiger partial charge in [0.1, 0.15) is 5.69 Å². The summed E-state index contributed by atoms with van der Waals surface area (Å²) in [5, 5.41) is 18.6. The first-order valence-electron chi connectivity index (χ1n) is 11.0. The summed E-state index contributed by atoms with van der Waals surface area (Å²) in [4.78, 5) is 43.0. The molecule has 2 saturated heterocycles. The number of aromatic nitrogens is 4. The number of hydrogen-bond acceptors (Lipinski definition) is 7. The zero-order valence-corrected chi connectivity index (χ0v) is 19.8. The molecule has 11 nitrogen and oxygen atoms in total. The van der Waals surface area contributed by atoms with Gasteiger partial charge >= 0.3 is 24.3 Å². The third kappa shape index (κ3) is 8.67. The monoisotopic (exact) mass is 554 g/mol. The summed E-state index contributed by atoms with van der Waals surface area (Å²) in [6, 6.07) is 2.99.